The zero-order chi connectivity index (χ0) is 17.4. The summed E-state index contributed by atoms with van der Waals surface area (Å²) in [7, 11) is 0. The van der Waals surface area contributed by atoms with E-state index in [0.29, 0.717) is 13.1 Å². The molecule has 0 radical (unpaired) electrons. The average molecular weight is 374 g/mol. The third kappa shape index (κ3) is 3.20. The summed E-state index contributed by atoms with van der Waals surface area (Å²) in [5.74, 6) is -0.710. The van der Waals surface area contributed by atoms with Gasteiger partial charge < -0.3 is 14.8 Å². The van der Waals surface area contributed by atoms with Gasteiger partial charge in [-0.05, 0) is 37.3 Å². The first-order chi connectivity index (χ1) is 12.1. The van der Waals surface area contributed by atoms with E-state index in [1.807, 2.05) is 41.8 Å². The highest BCUT2D eigenvalue weighted by Crippen LogP contribution is 2.25. The second kappa shape index (κ2) is 7.48. The number of fused-ring (bicyclic) bond motifs is 1. The van der Waals surface area contributed by atoms with Crippen molar-refractivity contribution in [2.75, 3.05) is 26.2 Å². The molecule has 1 amide bonds. The van der Waals surface area contributed by atoms with Crippen LogP contribution in [0.1, 0.15) is 16.1 Å². The fourth-order valence-electron chi connectivity index (χ4n) is 3.49. The molecule has 2 aromatic carbocycles. The van der Waals surface area contributed by atoms with E-state index in [2.05, 4.69) is 11.4 Å². The van der Waals surface area contributed by atoms with E-state index in [-0.39, 0.29) is 23.9 Å². The second-order valence-electron chi connectivity index (χ2n) is 6.39. The van der Waals surface area contributed by atoms with Gasteiger partial charge in [-0.25, -0.2) is 4.39 Å². The van der Waals surface area contributed by atoms with Crippen molar-refractivity contribution in [1.29, 1.82) is 0 Å². The number of piperazine rings is 1. The highest BCUT2D eigenvalue weighted by Gasteiger charge is 2.21. The first-order valence-corrected chi connectivity index (χ1v) is 8.52. The molecule has 0 aliphatic carbocycles. The van der Waals surface area contributed by atoms with Crippen LogP contribution < -0.4 is 5.32 Å². The lowest BCUT2D eigenvalue weighted by Crippen LogP contribution is -2.46. The van der Waals surface area contributed by atoms with Crippen molar-refractivity contribution in [3.8, 4) is 5.69 Å². The number of aromatic nitrogens is 1. The summed E-state index contributed by atoms with van der Waals surface area (Å²) in [6.07, 6.45) is 0. The van der Waals surface area contributed by atoms with E-state index in [9.17, 15) is 9.18 Å². The summed E-state index contributed by atoms with van der Waals surface area (Å²) in [4.78, 5) is 14.2. The molecule has 1 N–H and O–H groups in total. The molecule has 0 unspecified atom stereocenters. The van der Waals surface area contributed by atoms with Gasteiger partial charge in [-0.15, -0.1) is 12.4 Å². The Morgan fingerprint density at radius 3 is 2.54 bits per heavy atom. The SMILES string of the molecule is Cc1cc2ccccc2n1-c1ccc(C(=O)N2CCNCC2)c(F)c1.Cl. The van der Waals surface area contributed by atoms with Crippen LogP contribution >= 0.6 is 12.4 Å². The summed E-state index contributed by atoms with van der Waals surface area (Å²) in [6.45, 7) is 4.72. The number of nitrogens with one attached hydrogen (secondary N) is 1. The number of hydrogen-bond acceptors (Lipinski definition) is 2. The zero-order valence-corrected chi connectivity index (χ0v) is 15.4. The molecule has 0 saturated carbocycles. The lowest BCUT2D eigenvalue weighted by atomic mass is 10.1. The highest BCUT2D eigenvalue weighted by atomic mass is 35.5. The molecule has 2 heterocycles. The lowest BCUT2D eigenvalue weighted by Gasteiger charge is -2.27. The van der Waals surface area contributed by atoms with Crippen LogP contribution in [0.25, 0.3) is 16.6 Å². The van der Waals surface area contributed by atoms with Crippen molar-refractivity contribution in [2.24, 2.45) is 0 Å². The third-order valence-electron chi connectivity index (χ3n) is 4.74. The van der Waals surface area contributed by atoms with Crippen LogP contribution in [0.3, 0.4) is 0 Å². The molecule has 0 bridgehead atoms. The van der Waals surface area contributed by atoms with Crippen molar-refractivity contribution in [3.63, 3.8) is 0 Å². The minimum Gasteiger partial charge on any atom is -0.336 e. The van der Waals surface area contributed by atoms with Gasteiger partial charge in [0.05, 0.1) is 11.1 Å². The normalized spacial score (nSPS) is 14.3. The van der Waals surface area contributed by atoms with E-state index >= 15 is 0 Å². The molecule has 1 saturated heterocycles. The van der Waals surface area contributed by atoms with Gasteiger partial charge >= 0.3 is 0 Å². The highest BCUT2D eigenvalue weighted by molar-refractivity contribution is 5.95. The van der Waals surface area contributed by atoms with Crippen LogP contribution in [-0.4, -0.2) is 41.6 Å². The molecule has 4 rings (SSSR count). The van der Waals surface area contributed by atoms with E-state index in [1.54, 1.807) is 11.0 Å². The topological polar surface area (TPSA) is 37.3 Å². The molecule has 1 aromatic heterocycles. The van der Waals surface area contributed by atoms with Crippen molar-refractivity contribution in [2.45, 2.75) is 6.92 Å². The second-order valence-corrected chi connectivity index (χ2v) is 6.39. The molecule has 136 valence electrons. The molecule has 4 nitrogen and oxygen atoms in total. The van der Waals surface area contributed by atoms with Crippen molar-refractivity contribution in [1.82, 2.24) is 14.8 Å². The van der Waals surface area contributed by atoms with Crippen LogP contribution in [-0.2, 0) is 0 Å². The van der Waals surface area contributed by atoms with Crippen molar-refractivity contribution >= 4 is 29.2 Å². The minimum atomic E-state index is -0.474. The Morgan fingerprint density at radius 1 is 1.08 bits per heavy atom. The number of nitrogens with zero attached hydrogens (tertiary/aromatic N) is 2. The first-order valence-electron chi connectivity index (χ1n) is 8.52. The maximum absolute atomic E-state index is 14.7. The molecule has 6 heteroatoms. The summed E-state index contributed by atoms with van der Waals surface area (Å²) in [6, 6.07) is 15.0. The molecule has 0 spiro atoms. The Balaban J connectivity index is 0.00000196. The summed E-state index contributed by atoms with van der Waals surface area (Å²) in [5.41, 5.74) is 2.93. The number of benzene rings is 2. The number of para-hydroxylation sites is 1. The van der Waals surface area contributed by atoms with Gasteiger partial charge in [0.2, 0.25) is 0 Å². The Hall–Kier alpha value is -2.37. The molecule has 26 heavy (non-hydrogen) atoms. The van der Waals surface area contributed by atoms with E-state index in [1.165, 1.54) is 6.07 Å². The van der Waals surface area contributed by atoms with Gasteiger partial charge in [-0.2, -0.15) is 0 Å². The molecular formula is C20H21ClFN3O. The standard InChI is InChI=1S/C20H20FN3O.ClH/c1-14-12-15-4-2-3-5-19(15)24(14)16-6-7-17(18(21)13-16)20(25)23-10-8-22-9-11-23;/h2-7,12-13,22H,8-11H2,1H3;1H. The van der Waals surface area contributed by atoms with Gasteiger partial charge in [0.25, 0.3) is 5.91 Å². The van der Waals surface area contributed by atoms with Crippen molar-refractivity contribution in [3.05, 3.63) is 65.6 Å². The summed E-state index contributed by atoms with van der Waals surface area (Å²) < 4.78 is 16.7. The van der Waals surface area contributed by atoms with Crippen LogP contribution in [0.15, 0.2) is 48.5 Å². The monoisotopic (exact) mass is 373 g/mol. The predicted octanol–water partition coefficient (Wildman–Crippen LogP) is 3.55. The third-order valence-corrected chi connectivity index (χ3v) is 4.74. The van der Waals surface area contributed by atoms with Gasteiger partial charge in [0, 0.05) is 42.9 Å². The molecule has 1 aliphatic heterocycles. The molecular weight excluding hydrogens is 353 g/mol. The number of halogens is 2. The minimum absolute atomic E-state index is 0. The largest absolute Gasteiger partial charge is 0.336 e. The smallest absolute Gasteiger partial charge is 0.256 e. The van der Waals surface area contributed by atoms with Crippen LogP contribution in [0.4, 0.5) is 4.39 Å². The number of rotatable bonds is 2. The zero-order valence-electron chi connectivity index (χ0n) is 14.5. The Labute approximate surface area is 158 Å². The van der Waals surface area contributed by atoms with E-state index in [4.69, 9.17) is 0 Å². The summed E-state index contributed by atoms with van der Waals surface area (Å²) in [5, 5.41) is 4.31. The van der Waals surface area contributed by atoms with Gasteiger partial charge in [-0.1, -0.05) is 18.2 Å². The molecule has 1 aliphatic rings. The molecule has 3 aromatic rings. The van der Waals surface area contributed by atoms with E-state index < -0.39 is 5.82 Å². The quantitative estimate of drug-likeness (QED) is 0.746. The fourth-order valence-corrected chi connectivity index (χ4v) is 3.49. The number of carbonyl (C=O) groups excluding carboxylic acids is 1. The van der Waals surface area contributed by atoms with Crippen LogP contribution in [0, 0.1) is 12.7 Å². The maximum atomic E-state index is 14.7. The van der Waals surface area contributed by atoms with Gasteiger partial charge in [0.1, 0.15) is 5.82 Å². The van der Waals surface area contributed by atoms with Crippen LogP contribution in [0.5, 0.6) is 0 Å². The van der Waals surface area contributed by atoms with Gasteiger partial charge in [0.15, 0.2) is 0 Å². The molecule has 0 atom stereocenters. The lowest BCUT2D eigenvalue weighted by molar-refractivity contribution is 0.0731. The number of carbonyl (C=O) groups is 1. The molecule has 1 fully saturated rings. The Bertz CT molecular complexity index is 947. The first kappa shape index (κ1) is 18.4. The predicted molar refractivity (Wildman–Crippen MR) is 104 cm³/mol. The van der Waals surface area contributed by atoms with E-state index in [0.717, 1.165) is 35.4 Å². The van der Waals surface area contributed by atoms with Gasteiger partial charge in [-0.3, -0.25) is 4.79 Å². The number of aryl methyl sites for hydroxylation is 1. The Morgan fingerprint density at radius 2 is 1.81 bits per heavy atom. The average Bonchev–Trinajstić information content (AvgIpc) is 2.97. The number of hydrogen-bond donors (Lipinski definition) is 1. The van der Waals surface area contributed by atoms with Crippen LogP contribution in [0.2, 0.25) is 0 Å². The Kier molecular flexibility index (Phi) is 5.30. The number of amides is 1. The summed E-state index contributed by atoms with van der Waals surface area (Å²) >= 11 is 0. The van der Waals surface area contributed by atoms with Crippen molar-refractivity contribution < 1.29 is 9.18 Å². The maximum Gasteiger partial charge on any atom is 0.256 e. The fraction of sp³-hybridized carbons (Fsp3) is 0.250.